The summed E-state index contributed by atoms with van der Waals surface area (Å²) in [5, 5.41) is 4.84. The van der Waals surface area contributed by atoms with Crippen LogP contribution in [0.5, 0.6) is 0 Å². The summed E-state index contributed by atoms with van der Waals surface area (Å²) in [5.41, 5.74) is 4.24. The molecule has 0 bridgehead atoms. The Labute approximate surface area is 216 Å². The first-order valence-corrected chi connectivity index (χ1v) is 13.5. The van der Waals surface area contributed by atoms with Gasteiger partial charge in [-0.15, -0.1) is 11.3 Å². The lowest BCUT2D eigenvalue weighted by molar-refractivity contribution is 0.122. The van der Waals surface area contributed by atoms with E-state index in [9.17, 15) is 0 Å². The number of hydrogen-bond acceptors (Lipinski definition) is 8. The molecule has 188 valence electrons. The molecule has 2 fully saturated rings. The van der Waals surface area contributed by atoms with E-state index in [4.69, 9.17) is 19.8 Å². The maximum atomic E-state index is 5.62. The zero-order chi connectivity index (χ0) is 24.6. The zero-order valence-corrected chi connectivity index (χ0v) is 22.0. The minimum absolute atomic E-state index is 0.612. The second-order valence-electron chi connectivity index (χ2n) is 10.0. The third kappa shape index (κ3) is 4.76. The van der Waals surface area contributed by atoms with Crippen LogP contribution < -0.4 is 4.90 Å². The van der Waals surface area contributed by atoms with Crippen molar-refractivity contribution in [3.63, 3.8) is 0 Å². The van der Waals surface area contributed by atoms with Gasteiger partial charge in [0.1, 0.15) is 0 Å². The van der Waals surface area contributed by atoms with E-state index in [-0.39, 0.29) is 0 Å². The molecule has 2 saturated heterocycles. The molecule has 36 heavy (non-hydrogen) atoms. The number of aromatic nitrogens is 4. The third-order valence-electron chi connectivity index (χ3n) is 7.17. The largest absolute Gasteiger partial charge is 0.378 e. The van der Waals surface area contributed by atoms with Gasteiger partial charge in [0.05, 0.1) is 29.1 Å². The number of anilines is 1. The van der Waals surface area contributed by atoms with E-state index in [0.29, 0.717) is 12.0 Å². The molecule has 0 aliphatic carbocycles. The van der Waals surface area contributed by atoms with Crippen molar-refractivity contribution in [1.82, 2.24) is 29.5 Å². The maximum absolute atomic E-state index is 5.62. The molecule has 0 amide bonds. The number of benzene rings is 1. The Hall–Kier alpha value is -2.85. The molecule has 3 aromatic heterocycles. The van der Waals surface area contributed by atoms with Gasteiger partial charge in [-0.05, 0) is 45.6 Å². The van der Waals surface area contributed by atoms with Crippen molar-refractivity contribution in [1.29, 1.82) is 0 Å². The molecule has 0 spiro atoms. The number of fused-ring (bicyclic) bond motifs is 1. The Morgan fingerprint density at radius 3 is 2.72 bits per heavy atom. The minimum atomic E-state index is 0.612. The molecule has 0 unspecified atom stereocenters. The molecular weight excluding hydrogens is 470 g/mol. The van der Waals surface area contributed by atoms with Gasteiger partial charge in [-0.25, -0.2) is 9.67 Å². The molecule has 8 nitrogen and oxygen atoms in total. The number of likely N-dealkylation sites (tertiary alicyclic amines) is 1. The highest BCUT2D eigenvalue weighted by atomic mass is 32.1. The molecule has 0 saturated carbocycles. The number of thiophene rings is 1. The fraction of sp³-hybridized carbons (Fsp3) is 0.444. The monoisotopic (exact) mass is 503 g/mol. The summed E-state index contributed by atoms with van der Waals surface area (Å²) < 4.78 is 8.59. The van der Waals surface area contributed by atoms with E-state index in [1.54, 1.807) is 4.68 Å². The molecule has 2 aliphatic rings. The third-order valence-corrected chi connectivity index (χ3v) is 8.27. The topological polar surface area (TPSA) is 62.6 Å². The van der Waals surface area contributed by atoms with Crippen molar-refractivity contribution in [2.75, 3.05) is 58.4 Å². The first-order chi connectivity index (χ1) is 17.5. The summed E-state index contributed by atoms with van der Waals surface area (Å²) in [7, 11) is 4.36. The van der Waals surface area contributed by atoms with E-state index in [1.165, 1.54) is 16.9 Å². The lowest BCUT2D eigenvalue weighted by Gasteiger charge is -2.28. The highest BCUT2D eigenvalue weighted by molar-refractivity contribution is 7.19. The lowest BCUT2D eigenvalue weighted by atomic mass is 10.1. The maximum Gasteiger partial charge on any atom is 0.253 e. The number of nitrogens with zero attached hydrogens (tertiary/aromatic N) is 7. The lowest BCUT2D eigenvalue weighted by Crippen LogP contribution is -2.37. The molecule has 1 atom stereocenters. The van der Waals surface area contributed by atoms with E-state index >= 15 is 0 Å². The van der Waals surface area contributed by atoms with Crippen LogP contribution in [0.1, 0.15) is 16.9 Å². The zero-order valence-electron chi connectivity index (χ0n) is 21.2. The van der Waals surface area contributed by atoms with E-state index in [1.807, 2.05) is 23.6 Å². The Bertz CT molecular complexity index is 1360. The van der Waals surface area contributed by atoms with Crippen LogP contribution in [0.4, 0.5) is 5.82 Å². The van der Waals surface area contributed by atoms with Crippen molar-refractivity contribution in [3.05, 3.63) is 53.0 Å². The van der Waals surface area contributed by atoms with Crippen molar-refractivity contribution in [3.8, 4) is 17.2 Å². The summed E-state index contributed by atoms with van der Waals surface area (Å²) in [6.45, 7) is 8.43. The summed E-state index contributed by atoms with van der Waals surface area (Å²) in [6, 6.07) is 13.3. The molecule has 9 heteroatoms. The Morgan fingerprint density at radius 2 is 1.94 bits per heavy atom. The molecule has 1 aromatic carbocycles. The number of rotatable bonds is 6. The Morgan fingerprint density at radius 1 is 1.08 bits per heavy atom. The summed E-state index contributed by atoms with van der Waals surface area (Å²) in [6.07, 6.45) is 3.18. The molecular formula is C27H33N7OS. The van der Waals surface area contributed by atoms with Crippen LogP contribution in [0.2, 0.25) is 0 Å². The van der Waals surface area contributed by atoms with Gasteiger partial charge in [0.2, 0.25) is 0 Å². The number of ether oxygens (including phenoxy) is 1. The SMILES string of the molecule is Cc1cccc(-c2ccn(-c3nc(N4CCOCC4)c4sc(CN5CC[C@@H](N(C)C)C5)cc4n3)n2)c1. The van der Waals surface area contributed by atoms with Crippen LogP contribution >= 0.6 is 11.3 Å². The first-order valence-electron chi connectivity index (χ1n) is 12.7. The van der Waals surface area contributed by atoms with Gasteiger partial charge in [-0.2, -0.15) is 10.1 Å². The standard InChI is InChI=1S/C27H33N7OS/c1-19-5-4-6-20(15-19)23-8-10-34(30-23)27-28-24-16-22(18-32-9-7-21(17-32)31(2)3)36-25(24)26(29-27)33-11-13-35-14-12-33/h4-6,8,10,15-16,21H,7,9,11-14,17-18H2,1-3H3/t21-/m1/s1. The van der Waals surface area contributed by atoms with Crippen molar-refractivity contribution in [2.24, 2.45) is 0 Å². The number of hydrogen-bond donors (Lipinski definition) is 0. The highest BCUT2D eigenvalue weighted by Crippen LogP contribution is 2.34. The van der Waals surface area contributed by atoms with Crippen LogP contribution in [-0.4, -0.2) is 89.1 Å². The molecule has 4 aromatic rings. The minimum Gasteiger partial charge on any atom is -0.378 e. The molecule has 5 heterocycles. The van der Waals surface area contributed by atoms with Gasteiger partial charge in [-0.1, -0.05) is 23.8 Å². The fourth-order valence-electron chi connectivity index (χ4n) is 5.11. The summed E-state index contributed by atoms with van der Waals surface area (Å²) in [4.78, 5) is 18.6. The smallest absolute Gasteiger partial charge is 0.253 e. The van der Waals surface area contributed by atoms with Gasteiger partial charge in [0.25, 0.3) is 5.95 Å². The van der Waals surface area contributed by atoms with Crippen LogP contribution in [0.25, 0.3) is 27.4 Å². The Kier molecular flexibility index (Phi) is 6.47. The van der Waals surface area contributed by atoms with Crippen molar-refractivity contribution >= 4 is 27.4 Å². The summed E-state index contributed by atoms with van der Waals surface area (Å²) >= 11 is 1.83. The van der Waals surface area contributed by atoms with Gasteiger partial charge in [-0.3, -0.25) is 4.90 Å². The van der Waals surface area contributed by atoms with Gasteiger partial charge < -0.3 is 14.5 Å². The number of aryl methyl sites for hydroxylation is 1. The Balaban J connectivity index is 1.35. The number of likely N-dealkylation sites (N-methyl/N-ethyl adjacent to an activating group) is 1. The van der Waals surface area contributed by atoms with Gasteiger partial charge >= 0.3 is 0 Å². The first kappa shape index (κ1) is 23.5. The highest BCUT2D eigenvalue weighted by Gasteiger charge is 2.25. The quantitative estimate of drug-likeness (QED) is 0.396. The molecule has 0 N–H and O–H groups in total. The molecule has 0 radical (unpaired) electrons. The second-order valence-corrected chi connectivity index (χ2v) is 11.2. The normalized spacial score (nSPS) is 19.1. The van der Waals surface area contributed by atoms with Crippen LogP contribution in [0, 0.1) is 6.92 Å². The van der Waals surface area contributed by atoms with Crippen molar-refractivity contribution < 1.29 is 4.74 Å². The van der Waals surface area contributed by atoms with E-state index in [0.717, 1.165) is 73.2 Å². The van der Waals surface area contributed by atoms with Crippen LogP contribution in [-0.2, 0) is 11.3 Å². The van der Waals surface area contributed by atoms with Crippen molar-refractivity contribution in [2.45, 2.75) is 25.9 Å². The predicted octanol–water partition coefficient (Wildman–Crippen LogP) is 3.82. The molecule has 6 rings (SSSR count). The average Bonchev–Trinajstić information content (AvgIpc) is 3.64. The van der Waals surface area contributed by atoms with Gasteiger partial charge in [0.15, 0.2) is 5.82 Å². The average molecular weight is 504 g/mol. The molecule has 2 aliphatic heterocycles. The van der Waals surface area contributed by atoms with Crippen LogP contribution in [0.3, 0.4) is 0 Å². The second kappa shape index (κ2) is 9.89. The fourth-order valence-corrected chi connectivity index (χ4v) is 6.27. The van der Waals surface area contributed by atoms with Crippen LogP contribution in [0.15, 0.2) is 42.6 Å². The van der Waals surface area contributed by atoms with E-state index < -0.39 is 0 Å². The predicted molar refractivity (Wildman–Crippen MR) is 145 cm³/mol. The van der Waals surface area contributed by atoms with E-state index in [2.05, 4.69) is 66.1 Å². The van der Waals surface area contributed by atoms with Gasteiger partial charge in [0, 0.05) is 55.4 Å². The number of morpholine rings is 1. The summed E-state index contributed by atoms with van der Waals surface area (Å²) in [5.74, 6) is 1.61.